The minimum absolute atomic E-state index is 0.279. The van der Waals surface area contributed by atoms with E-state index in [-0.39, 0.29) is 6.61 Å². The molecular weight excluding hydrogens is 349 g/mol. The fraction of sp³-hybridized carbons (Fsp3) is 0.0714. The van der Waals surface area contributed by atoms with Crippen LogP contribution in [0.5, 0.6) is 5.75 Å². The van der Waals surface area contributed by atoms with Gasteiger partial charge in [0.05, 0.1) is 5.02 Å². The molecule has 0 N–H and O–H groups in total. The highest BCUT2D eigenvalue weighted by molar-refractivity contribution is 9.10. The first-order valence-corrected chi connectivity index (χ1v) is 6.92. The van der Waals surface area contributed by atoms with Crippen LogP contribution in [0.3, 0.4) is 0 Å². The number of benzene rings is 2. The van der Waals surface area contributed by atoms with E-state index in [1.54, 1.807) is 24.3 Å². The summed E-state index contributed by atoms with van der Waals surface area (Å²) in [4.78, 5) is 0. The molecule has 2 aromatic carbocycles. The largest absolute Gasteiger partial charge is 0.487 e. The number of hydrogen-bond donors (Lipinski definition) is 0. The first-order chi connectivity index (χ1) is 9.11. The van der Waals surface area contributed by atoms with Crippen molar-refractivity contribution in [2.24, 2.45) is 0 Å². The summed E-state index contributed by atoms with van der Waals surface area (Å²) in [6.45, 7) is 0.279. The maximum absolute atomic E-state index is 9.04. The molecular formula is C14H8BrCl2NO. The van der Waals surface area contributed by atoms with Crippen molar-refractivity contribution in [3.8, 4) is 11.8 Å². The van der Waals surface area contributed by atoms with Crippen molar-refractivity contribution in [2.45, 2.75) is 6.61 Å². The smallest absolute Gasteiger partial charge is 0.139 e. The van der Waals surface area contributed by atoms with Gasteiger partial charge in [0.2, 0.25) is 0 Å². The number of rotatable bonds is 3. The lowest BCUT2D eigenvalue weighted by atomic mass is 10.2. The lowest BCUT2D eigenvalue weighted by Crippen LogP contribution is -1.98. The molecule has 0 unspecified atom stereocenters. The zero-order valence-electron chi connectivity index (χ0n) is 9.66. The van der Waals surface area contributed by atoms with Crippen molar-refractivity contribution in [1.29, 1.82) is 5.26 Å². The minimum Gasteiger partial charge on any atom is -0.487 e. The standard InChI is InChI=1S/C14H8BrCl2NO/c15-10-5-4-9(13(17)6-10)8-19-14-3-1-2-12(16)11(14)7-18/h1-6H,8H2. The molecule has 0 radical (unpaired) electrons. The average molecular weight is 357 g/mol. The van der Waals surface area contributed by atoms with E-state index >= 15 is 0 Å². The van der Waals surface area contributed by atoms with Gasteiger partial charge in [0.25, 0.3) is 0 Å². The number of halogens is 3. The molecule has 5 heteroatoms. The van der Waals surface area contributed by atoms with Crippen LogP contribution in [-0.4, -0.2) is 0 Å². The second kappa shape index (κ2) is 6.29. The molecule has 0 aliphatic heterocycles. The number of ether oxygens (including phenoxy) is 1. The van der Waals surface area contributed by atoms with Gasteiger partial charge in [-0.3, -0.25) is 0 Å². The number of nitrogens with zero attached hydrogens (tertiary/aromatic N) is 1. The Kier molecular flexibility index (Phi) is 4.71. The molecule has 0 bridgehead atoms. The predicted molar refractivity (Wildman–Crippen MR) is 79.7 cm³/mol. The van der Waals surface area contributed by atoms with E-state index in [1.165, 1.54) is 0 Å². The van der Waals surface area contributed by atoms with E-state index in [0.717, 1.165) is 10.0 Å². The van der Waals surface area contributed by atoms with E-state index in [0.29, 0.717) is 21.4 Å². The highest BCUT2D eigenvalue weighted by Crippen LogP contribution is 2.27. The molecule has 0 aromatic heterocycles. The summed E-state index contributed by atoms with van der Waals surface area (Å²) in [6, 6.07) is 12.7. The van der Waals surface area contributed by atoms with Crippen molar-refractivity contribution in [3.05, 3.63) is 62.0 Å². The summed E-state index contributed by atoms with van der Waals surface area (Å²) in [5, 5.41) is 10.0. The monoisotopic (exact) mass is 355 g/mol. The highest BCUT2D eigenvalue weighted by Gasteiger charge is 2.08. The molecule has 0 spiro atoms. The zero-order valence-corrected chi connectivity index (χ0v) is 12.8. The Bertz CT molecular complexity index is 652. The van der Waals surface area contributed by atoms with Gasteiger partial charge in [0.1, 0.15) is 24.0 Å². The maximum Gasteiger partial charge on any atom is 0.139 e. The normalized spacial score (nSPS) is 10.0. The molecule has 0 atom stereocenters. The first-order valence-electron chi connectivity index (χ1n) is 5.37. The molecule has 0 saturated heterocycles. The number of hydrogen-bond acceptors (Lipinski definition) is 2. The Balaban J connectivity index is 2.20. The van der Waals surface area contributed by atoms with E-state index in [9.17, 15) is 0 Å². The molecule has 0 amide bonds. The van der Waals surface area contributed by atoms with E-state index in [2.05, 4.69) is 15.9 Å². The molecule has 0 saturated carbocycles. The van der Waals surface area contributed by atoms with Gasteiger partial charge in [-0.1, -0.05) is 51.3 Å². The van der Waals surface area contributed by atoms with Crippen LogP contribution in [0.15, 0.2) is 40.9 Å². The topological polar surface area (TPSA) is 33.0 Å². The lowest BCUT2D eigenvalue weighted by Gasteiger charge is -2.10. The molecule has 0 fully saturated rings. The van der Waals surface area contributed by atoms with Gasteiger partial charge < -0.3 is 4.74 Å². The predicted octanol–water partition coefficient (Wildman–Crippen LogP) is 5.21. The number of nitriles is 1. The Morgan fingerprint density at radius 1 is 1.16 bits per heavy atom. The molecule has 2 rings (SSSR count). The van der Waals surface area contributed by atoms with Crippen LogP contribution in [0, 0.1) is 11.3 Å². The van der Waals surface area contributed by atoms with Gasteiger partial charge in [-0.05, 0) is 24.3 Å². The molecule has 0 heterocycles. The van der Waals surface area contributed by atoms with E-state index in [4.69, 9.17) is 33.2 Å². The van der Waals surface area contributed by atoms with Gasteiger partial charge in [-0.15, -0.1) is 0 Å². The summed E-state index contributed by atoms with van der Waals surface area (Å²) in [6.07, 6.45) is 0. The van der Waals surface area contributed by atoms with E-state index < -0.39 is 0 Å². The van der Waals surface area contributed by atoms with Crippen molar-refractivity contribution < 1.29 is 4.74 Å². The van der Waals surface area contributed by atoms with Gasteiger partial charge in [0.15, 0.2) is 0 Å². The quantitative estimate of drug-likeness (QED) is 0.756. The molecule has 2 aromatic rings. The van der Waals surface area contributed by atoms with Gasteiger partial charge in [-0.25, -0.2) is 0 Å². The summed E-state index contributed by atoms with van der Waals surface area (Å²) < 4.78 is 6.51. The van der Waals surface area contributed by atoms with Crippen LogP contribution in [0.1, 0.15) is 11.1 Å². The fourth-order valence-electron chi connectivity index (χ4n) is 1.53. The average Bonchev–Trinajstić information content (AvgIpc) is 2.38. The van der Waals surface area contributed by atoms with Crippen molar-refractivity contribution in [1.82, 2.24) is 0 Å². The lowest BCUT2D eigenvalue weighted by molar-refractivity contribution is 0.305. The Morgan fingerprint density at radius 3 is 2.63 bits per heavy atom. The van der Waals surface area contributed by atoms with Crippen LogP contribution in [-0.2, 0) is 6.61 Å². The third-order valence-corrected chi connectivity index (χ3v) is 3.65. The fourth-order valence-corrected chi connectivity index (χ4v) is 2.46. The van der Waals surface area contributed by atoms with Gasteiger partial charge in [0, 0.05) is 15.1 Å². The molecule has 0 aliphatic rings. The molecule has 0 aliphatic carbocycles. The minimum atomic E-state index is 0.279. The third-order valence-electron chi connectivity index (χ3n) is 2.49. The second-order valence-electron chi connectivity index (χ2n) is 3.75. The summed E-state index contributed by atoms with van der Waals surface area (Å²) >= 11 is 15.4. The summed E-state index contributed by atoms with van der Waals surface area (Å²) in [5.41, 5.74) is 1.17. The molecule has 19 heavy (non-hydrogen) atoms. The first kappa shape index (κ1) is 14.2. The van der Waals surface area contributed by atoms with Crippen LogP contribution in [0.25, 0.3) is 0 Å². The highest BCUT2D eigenvalue weighted by atomic mass is 79.9. The van der Waals surface area contributed by atoms with Gasteiger partial charge >= 0.3 is 0 Å². The van der Waals surface area contributed by atoms with Crippen molar-refractivity contribution in [2.75, 3.05) is 0 Å². The molecule has 2 nitrogen and oxygen atoms in total. The van der Waals surface area contributed by atoms with Crippen molar-refractivity contribution in [3.63, 3.8) is 0 Å². The Labute approximate surface area is 129 Å². The summed E-state index contributed by atoms with van der Waals surface area (Å²) in [7, 11) is 0. The van der Waals surface area contributed by atoms with Gasteiger partial charge in [-0.2, -0.15) is 5.26 Å². The second-order valence-corrected chi connectivity index (χ2v) is 5.48. The maximum atomic E-state index is 9.04. The van der Waals surface area contributed by atoms with Crippen LogP contribution >= 0.6 is 39.1 Å². The zero-order chi connectivity index (χ0) is 13.8. The van der Waals surface area contributed by atoms with Crippen LogP contribution in [0.2, 0.25) is 10.0 Å². The third kappa shape index (κ3) is 3.42. The van der Waals surface area contributed by atoms with Crippen LogP contribution < -0.4 is 4.74 Å². The van der Waals surface area contributed by atoms with Crippen LogP contribution in [0.4, 0.5) is 0 Å². The SMILES string of the molecule is N#Cc1c(Cl)cccc1OCc1ccc(Br)cc1Cl. The Morgan fingerprint density at radius 2 is 1.95 bits per heavy atom. The Hall–Kier alpha value is -1.21. The van der Waals surface area contributed by atoms with Crippen molar-refractivity contribution >= 4 is 39.1 Å². The summed E-state index contributed by atoms with van der Waals surface area (Å²) in [5.74, 6) is 0.453. The van der Waals surface area contributed by atoms with E-state index in [1.807, 2.05) is 18.2 Å². The molecule has 96 valence electrons.